The van der Waals surface area contributed by atoms with Crippen molar-refractivity contribution >= 4 is 35.7 Å². The molecule has 70 heavy (non-hydrogen) atoms. The van der Waals surface area contributed by atoms with Gasteiger partial charge in [-0.3, -0.25) is 38.6 Å². The van der Waals surface area contributed by atoms with Gasteiger partial charge in [-0.15, -0.1) is 0 Å². The Morgan fingerprint density at radius 2 is 0.671 bits per heavy atom. The Morgan fingerprint density at radius 3 is 0.986 bits per heavy atom. The number of likely N-dealkylation sites (tertiary alicyclic amines) is 2. The van der Waals surface area contributed by atoms with Crippen molar-refractivity contribution in [3.63, 3.8) is 0 Å². The maximum absolute atomic E-state index is 13.2. The zero-order chi connectivity index (χ0) is 48.9. The van der Waals surface area contributed by atoms with Gasteiger partial charge in [0, 0.05) is 26.2 Å². The number of carbonyl (C=O) groups excluding carboxylic acids is 6. The average molecular weight is 957 g/mol. The number of hydrogen-bond donors (Lipinski definition) is 0. The third-order valence-electron chi connectivity index (χ3n) is 13.6. The molecule has 0 atom stereocenters. The van der Waals surface area contributed by atoms with Gasteiger partial charge in [0.25, 0.3) is 0 Å². The lowest BCUT2D eigenvalue weighted by Crippen LogP contribution is -2.54. The van der Waals surface area contributed by atoms with Gasteiger partial charge >= 0.3 is 23.9 Å². The van der Waals surface area contributed by atoms with Crippen molar-refractivity contribution in [1.82, 2.24) is 19.6 Å². The molecule has 3 saturated heterocycles. The van der Waals surface area contributed by atoms with E-state index in [2.05, 4.69) is 9.80 Å². The summed E-state index contributed by atoms with van der Waals surface area (Å²) in [5.41, 5.74) is 5.19. The number of hydrogen-bond acceptors (Lipinski definition) is 12. The van der Waals surface area contributed by atoms with Crippen LogP contribution < -0.4 is 0 Å². The first-order chi connectivity index (χ1) is 34.1. The fourth-order valence-corrected chi connectivity index (χ4v) is 9.23. The van der Waals surface area contributed by atoms with Crippen LogP contribution in [0.25, 0.3) is 0 Å². The van der Waals surface area contributed by atoms with Gasteiger partial charge in [0.05, 0.1) is 52.0 Å². The first-order valence-corrected chi connectivity index (χ1v) is 25.0. The molecule has 0 bridgehead atoms. The zero-order valence-electron chi connectivity index (χ0n) is 40.4. The van der Waals surface area contributed by atoms with E-state index in [0.717, 1.165) is 98.1 Å². The fourth-order valence-electron chi connectivity index (χ4n) is 9.23. The molecule has 0 aromatic heterocycles. The van der Waals surface area contributed by atoms with Gasteiger partial charge in [0.1, 0.15) is 13.2 Å². The predicted molar refractivity (Wildman–Crippen MR) is 263 cm³/mol. The highest BCUT2D eigenvalue weighted by Gasteiger charge is 2.29. The number of ether oxygens (including phenoxy) is 4. The molecule has 3 aliphatic rings. The Hall–Kier alpha value is -6.38. The van der Waals surface area contributed by atoms with Crippen molar-refractivity contribution in [3.8, 4) is 0 Å². The summed E-state index contributed by atoms with van der Waals surface area (Å²) >= 11 is 0. The number of esters is 4. The number of rotatable bonds is 22. The Labute approximate surface area is 412 Å². The third kappa shape index (κ3) is 17.5. The fraction of sp³-hybridized carbons (Fsp3) is 0.464. The molecule has 0 radical (unpaired) electrons. The van der Waals surface area contributed by atoms with E-state index < -0.39 is 0 Å². The normalized spacial score (nSPS) is 16.1. The van der Waals surface area contributed by atoms with Gasteiger partial charge < -0.3 is 28.7 Å². The minimum atomic E-state index is -0.301. The van der Waals surface area contributed by atoms with Crippen LogP contribution in [0.3, 0.4) is 0 Å². The largest absolute Gasteiger partial charge is 0.465 e. The summed E-state index contributed by atoms with van der Waals surface area (Å²) in [5, 5.41) is 0. The smallest absolute Gasteiger partial charge is 0.310 e. The first kappa shape index (κ1) is 51.5. The molecule has 4 aromatic rings. The molecule has 0 saturated carbocycles. The maximum atomic E-state index is 13.2. The van der Waals surface area contributed by atoms with E-state index in [4.69, 9.17) is 18.9 Å². The van der Waals surface area contributed by atoms with E-state index >= 15 is 0 Å². The number of piperidine rings is 2. The summed E-state index contributed by atoms with van der Waals surface area (Å²) in [6.07, 6.45) is 6.05. The highest BCUT2D eigenvalue weighted by Crippen LogP contribution is 2.23. The third-order valence-corrected chi connectivity index (χ3v) is 13.6. The molecule has 7 rings (SSSR count). The summed E-state index contributed by atoms with van der Waals surface area (Å²) < 4.78 is 21.9. The SMILES string of the molecule is O=C(Cc1ccc(CC(=O)OCc2ccccc2)cc1)OCCC1CCN(CC(=O)N2CCN(C(=O)CN3CCC(CCOC(=O)Cc4ccc(CC(=O)OCc5ccccc5)cc4)CC3)CC2)CC1. The Balaban J connectivity index is 0.679. The van der Waals surface area contributed by atoms with E-state index in [0.29, 0.717) is 64.3 Å². The van der Waals surface area contributed by atoms with Crippen molar-refractivity contribution in [2.45, 2.75) is 77.4 Å². The summed E-state index contributed by atoms with van der Waals surface area (Å²) in [6.45, 7) is 7.43. The zero-order valence-corrected chi connectivity index (χ0v) is 40.4. The van der Waals surface area contributed by atoms with E-state index in [1.54, 1.807) is 0 Å². The molecular weight excluding hydrogens is 889 g/mol. The van der Waals surface area contributed by atoms with Gasteiger partial charge in [-0.05, 0) is 110 Å². The minimum absolute atomic E-state index is 0.104. The molecule has 14 nitrogen and oxygen atoms in total. The minimum Gasteiger partial charge on any atom is -0.465 e. The number of piperazine rings is 1. The Morgan fingerprint density at radius 1 is 0.371 bits per heavy atom. The molecule has 0 unspecified atom stereocenters. The summed E-state index contributed by atoms with van der Waals surface area (Å²) in [4.78, 5) is 84.3. The second kappa shape index (κ2) is 27.1. The lowest BCUT2D eigenvalue weighted by Gasteiger charge is -2.38. The van der Waals surface area contributed by atoms with Gasteiger partial charge in [0.2, 0.25) is 11.8 Å². The molecule has 2 amide bonds. The van der Waals surface area contributed by atoms with E-state index in [9.17, 15) is 28.8 Å². The van der Waals surface area contributed by atoms with Crippen molar-refractivity contribution in [2.24, 2.45) is 11.8 Å². The van der Waals surface area contributed by atoms with Crippen molar-refractivity contribution in [1.29, 1.82) is 0 Å². The predicted octanol–water partition coefficient (Wildman–Crippen LogP) is 6.01. The van der Waals surface area contributed by atoms with Crippen LogP contribution in [0.15, 0.2) is 109 Å². The van der Waals surface area contributed by atoms with Crippen molar-refractivity contribution in [2.75, 3.05) is 78.7 Å². The van der Waals surface area contributed by atoms with Gasteiger partial charge in [-0.2, -0.15) is 0 Å². The standard InChI is InChI=1S/C56H68N4O10/c61-51(39-57-25-19-43(20-26-57)23-33-67-53(63)35-45-11-15-47(16-12-45)37-55(65)69-41-49-7-3-1-4-8-49)59-29-31-60(32-30-59)52(62)40-58-27-21-44(22-28-58)24-34-68-54(64)36-46-13-17-48(18-14-46)38-56(66)70-42-50-9-5-2-6-10-50/h1-18,43-44H,19-42H2. The van der Waals surface area contributed by atoms with E-state index in [1.807, 2.05) is 119 Å². The Kier molecular flexibility index (Phi) is 19.9. The molecule has 4 aromatic carbocycles. The topological polar surface area (TPSA) is 152 Å². The highest BCUT2D eigenvalue weighted by atomic mass is 16.5. The highest BCUT2D eigenvalue weighted by molar-refractivity contribution is 5.80. The summed E-state index contributed by atoms with van der Waals surface area (Å²) in [7, 11) is 0. The molecule has 14 heteroatoms. The van der Waals surface area contributed by atoms with Crippen LogP contribution in [0.1, 0.15) is 71.9 Å². The first-order valence-electron chi connectivity index (χ1n) is 25.0. The molecular formula is C56H68N4O10. The molecule has 0 aliphatic carbocycles. The molecule has 3 aliphatic heterocycles. The van der Waals surface area contributed by atoms with Crippen LogP contribution in [0.4, 0.5) is 0 Å². The van der Waals surface area contributed by atoms with Crippen LogP contribution in [0.5, 0.6) is 0 Å². The quantitative estimate of drug-likeness (QED) is 0.0671. The molecule has 3 heterocycles. The second-order valence-corrected chi connectivity index (χ2v) is 18.9. The average Bonchev–Trinajstić information content (AvgIpc) is 3.38. The van der Waals surface area contributed by atoms with Crippen LogP contribution >= 0.6 is 0 Å². The van der Waals surface area contributed by atoms with Gasteiger partial charge in [-0.25, -0.2) is 0 Å². The van der Waals surface area contributed by atoms with Crippen molar-refractivity contribution < 1.29 is 47.7 Å². The Bertz CT molecular complexity index is 2120. The molecule has 372 valence electrons. The van der Waals surface area contributed by atoms with Crippen molar-refractivity contribution in [3.05, 3.63) is 143 Å². The van der Waals surface area contributed by atoms with E-state index in [-0.39, 0.29) is 74.6 Å². The number of amides is 2. The molecule has 3 fully saturated rings. The van der Waals surface area contributed by atoms with E-state index in [1.165, 1.54) is 0 Å². The van der Waals surface area contributed by atoms with Gasteiger partial charge in [-0.1, -0.05) is 109 Å². The second-order valence-electron chi connectivity index (χ2n) is 18.9. The van der Waals surface area contributed by atoms with Crippen LogP contribution in [0.2, 0.25) is 0 Å². The molecule has 0 spiro atoms. The monoisotopic (exact) mass is 956 g/mol. The number of nitrogens with zero attached hydrogens (tertiary/aromatic N) is 4. The van der Waals surface area contributed by atoms with Crippen LogP contribution in [-0.4, -0.2) is 134 Å². The van der Waals surface area contributed by atoms with Crippen LogP contribution in [-0.2, 0) is 86.6 Å². The van der Waals surface area contributed by atoms with Crippen LogP contribution in [0, 0.1) is 11.8 Å². The van der Waals surface area contributed by atoms with Gasteiger partial charge in [0.15, 0.2) is 0 Å². The number of benzene rings is 4. The summed E-state index contributed by atoms with van der Waals surface area (Å²) in [5.74, 6) is -0.0690. The lowest BCUT2D eigenvalue weighted by atomic mass is 9.94. The molecule has 0 N–H and O–H groups in total. The maximum Gasteiger partial charge on any atom is 0.310 e. The lowest BCUT2D eigenvalue weighted by molar-refractivity contribution is -0.145. The number of carbonyl (C=O) groups is 6. The summed E-state index contributed by atoms with van der Waals surface area (Å²) in [6, 6.07) is 33.9.